The van der Waals surface area contributed by atoms with Crippen LogP contribution in [-0.4, -0.2) is 28.2 Å². The van der Waals surface area contributed by atoms with E-state index >= 15 is 0 Å². The molecule has 2 rings (SSSR count). The smallest absolute Gasteiger partial charge is 0.422 e. The quantitative estimate of drug-likeness (QED) is 0.873. The monoisotopic (exact) mass is 344 g/mol. The van der Waals surface area contributed by atoms with Gasteiger partial charge >= 0.3 is 6.18 Å². The minimum Gasteiger partial charge on any atom is -0.468 e. The van der Waals surface area contributed by atoms with E-state index in [0.717, 1.165) is 10.5 Å². The summed E-state index contributed by atoms with van der Waals surface area (Å²) in [6.07, 6.45) is -1.37. The Balaban J connectivity index is 1.87. The van der Waals surface area contributed by atoms with Gasteiger partial charge in [-0.25, -0.2) is 4.98 Å². The van der Waals surface area contributed by atoms with Gasteiger partial charge in [-0.1, -0.05) is 12.1 Å². The predicted molar refractivity (Wildman–Crippen MR) is 81.9 cm³/mol. The second-order valence-corrected chi connectivity index (χ2v) is 6.12. The summed E-state index contributed by atoms with van der Waals surface area (Å²) in [5.41, 5.74) is 1.64. The zero-order chi connectivity index (χ0) is 16.9. The molecule has 124 valence electrons. The largest absolute Gasteiger partial charge is 0.468 e. The molecule has 0 saturated carbocycles. The summed E-state index contributed by atoms with van der Waals surface area (Å²) in [7, 11) is -1.01. The first-order valence-electron chi connectivity index (χ1n) is 6.65. The molecule has 0 bridgehead atoms. The normalized spacial score (nSPS) is 12.7. The highest BCUT2D eigenvalue weighted by Crippen LogP contribution is 2.18. The van der Waals surface area contributed by atoms with Crippen LogP contribution < -0.4 is 10.1 Å². The number of alkyl halides is 3. The third-order valence-corrected chi connectivity index (χ3v) is 3.81. The molecule has 23 heavy (non-hydrogen) atoms. The molecule has 1 unspecified atom stereocenters. The van der Waals surface area contributed by atoms with Crippen LogP contribution in [0.1, 0.15) is 5.56 Å². The Bertz CT molecular complexity index is 658. The standard InChI is InChI=1S/C15H15F3N2O2S/c1-23(21)13-5-2-11(3-6-13)8-19-12-4-7-14(20-9-12)22-10-15(16,17)18/h2-7,9,19H,8,10H2,1H3. The number of hydrogen-bond donors (Lipinski definition) is 1. The average molecular weight is 344 g/mol. The van der Waals surface area contributed by atoms with Crippen molar-refractivity contribution in [2.45, 2.75) is 17.6 Å². The zero-order valence-electron chi connectivity index (χ0n) is 12.3. The second kappa shape index (κ2) is 7.45. The van der Waals surface area contributed by atoms with E-state index in [9.17, 15) is 17.4 Å². The van der Waals surface area contributed by atoms with E-state index in [2.05, 4.69) is 15.0 Å². The van der Waals surface area contributed by atoms with Crippen LogP contribution in [0.3, 0.4) is 0 Å². The van der Waals surface area contributed by atoms with Crippen LogP contribution in [0.15, 0.2) is 47.5 Å². The Morgan fingerprint density at radius 3 is 2.39 bits per heavy atom. The number of ether oxygens (including phenoxy) is 1. The molecule has 0 spiro atoms. The number of anilines is 1. The van der Waals surface area contributed by atoms with Crippen LogP contribution >= 0.6 is 0 Å². The first-order chi connectivity index (χ1) is 10.8. The molecule has 1 heterocycles. The first-order valence-corrected chi connectivity index (χ1v) is 8.21. The van der Waals surface area contributed by atoms with E-state index in [1.807, 2.05) is 12.1 Å². The molecule has 0 aliphatic heterocycles. The molecule has 2 aromatic rings. The average Bonchev–Trinajstić information content (AvgIpc) is 2.51. The molecule has 8 heteroatoms. The van der Waals surface area contributed by atoms with Gasteiger partial charge in [0.15, 0.2) is 6.61 Å². The van der Waals surface area contributed by atoms with Crippen LogP contribution in [0.25, 0.3) is 0 Å². The van der Waals surface area contributed by atoms with Crippen LogP contribution in [-0.2, 0) is 17.3 Å². The lowest BCUT2D eigenvalue weighted by atomic mass is 10.2. The molecule has 0 fully saturated rings. The minimum absolute atomic E-state index is 0.0809. The summed E-state index contributed by atoms with van der Waals surface area (Å²) in [5.74, 6) is -0.0809. The first kappa shape index (κ1) is 17.3. The number of hydrogen-bond acceptors (Lipinski definition) is 4. The highest BCUT2D eigenvalue weighted by molar-refractivity contribution is 7.84. The Kier molecular flexibility index (Phi) is 5.59. The van der Waals surface area contributed by atoms with Crippen molar-refractivity contribution in [1.82, 2.24) is 4.98 Å². The number of rotatable bonds is 6. The van der Waals surface area contributed by atoms with Crippen molar-refractivity contribution < 1.29 is 22.1 Å². The summed E-state index contributed by atoms with van der Waals surface area (Å²) in [5, 5.41) is 3.09. The minimum atomic E-state index is -4.38. The van der Waals surface area contributed by atoms with Gasteiger partial charge in [0.05, 0.1) is 11.9 Å². The summed E-state index contributed by atoms with van der Waals surface area (Å²) < 4.78 is 51.9. The van der Waals surface area contributed by atoms with Crippen LogP contribution in [0, 0.1) is 0 Å². The maximum absolute atomic E-state index is 12.0. The maximum atomic E-state index is 12.0. The van der Waals surface area contributed by atoms with Gasteiger partial charge in [0.2, 0.25) is 5.88 Å². The van der Waals surface area contributed by atoms with Crippen molar-refractivity contribution in [2.75, 3.05) is 18.2 Å². The van der Waals surface area contributed by atoms with Crippen molar-refractivity contribution in [2.24, 2.45) is 0 Å². The van der Waals surface area contributed by atoms with Crippen LogP contribution in [0.2, 0.25) is 0 Å². The molecule has 0 amide bonds. The number of aromatic nitrogens is 1. The number of nitrogens with one attached hydrogen (secondary N) is 1. The number of benzene rings is 1. The molecule has 0 aliphatic rings. The predicted octanol–water partition coefficient (Wildman–Crippen LogP) is 3.37. The molecule has 4 nitrogen and oxygen atoms in total. The van der Waals surface area contributed by atoms with Gasteiger partial charge in [0, 0.05) is 34.6 Å². The van der Waals surface area contributed by atoms with Gasteiger partial charge in [0.25, 0.3) is 0 Å². The topological polar surface area (TPSA) is 51.2 Å². The van der Waals surface area contributed by atoms with Gasteiger partial charge in [-0.05, 0) is 23.8 Å². The van der Waals surface area contributed by atoms with E-state index in [1.54, 1.807) is 24.5 Å². The van der Waals surface area contributed by atoms with Crippen molar-refractivity contribution in [3.63, 3.8) is 0 Å². The lowest BCUT2D eigenvalue weighted by Gasteiger charge is -2.10. The number of pyridine rings is 1. The highest BCUT2D eigenvalue weighted by atomic mass is 32.2. The third-order valence-electron chi connectivity index (χ3n) is 2.87. The van der Waals surface area contributed by atoms with Gasteiger partial charge < -0.3 is 10.1 Å². The maximum Gasteiger partial charge on any atom is 0.422 e. The van der Waals surface area contributed by atoms with Crippen molar-refractivity contribution >= 4 is 16.5 Å². The Labute approximate surface area is 134 Å². The lowest BCUT2D eigenvalue weighted by molar-refractivity contribution is -0.154. The molecule has 0 radical (unpaired) electrons. The second-order valence-electron chi connectivity index (χ2n) is 4.74. The van der Waals surface area contributed by atoms with Gasteiger partial charge in [0.1, 0.15) is 0 Å². The fourth-order valence-electron chi connectivity index (χ4n) is 1.73. The fraction of sp³-hybridized carbons (Fsp3) is 0.267. The Morgan fingerprint density at radius 2 is 1.87 bits per heavy atom. The van der Waals surface area contributed by atoms with Crippen molar-refractivity contribution in [1.29, 1.82) is 0 Å². The van der Waals surface area contributed by atoms with Crippen LogP contribution in [0.4, 0.5) is 18.9 Å². The van der Waals surface area contributed by atoms with Crippen molar-refractivity contribution in [3.05, 3.63) is 48.2 Å². The van der Waals surface area contributed by atoms with Gasteiger partial charge in [-0.15, -0.1) is 0 Å². The summed E-state index contributed by atoms with van der Waals surface area (Å²) in [6, 6.07) is 10.3. The Morgan fingerprint density at radius 1 is 1.17 bits per heavy atom. The van der Waals surface area contributed by atoms with Crippen molar-refractivity contribution in [3.8, 4) is 5.88 Å². The highest BCUT2D eigenvalue weighted by Gasteiger charge is 2.28. The molecule has 1 N–H and O–H groups in total. The van der Waals surface area contributed by atoms with E-state index < -0.39 is 23.6 Å². The third kappa shape index (κ3) is 5.90. The summed E-state index contributed by atoms with van der Waals surface area (Å²) in [4.78, 5) is 4.56. The van der Waals surface area contributed by atoms with E-state index in [-0.39, 0.29) is 5.88 Å². The molecule has 1 atom stereocenters. The van der Waals surface area contributed by atoms with E-state index in [4.69, 9.17) is 0 Å². The summed E-state index contributed by atoms with van der Waals surface area (Å²) >= 11 is 0. The lowest BCUT2D eigenvalue weighted by Crippen LogP contribution is -2.19. The number of halogens is 3. The van der Waals surface area contributed by atoms with Gasteiger partial charge in [-0.2, -0.15) is 13.2 Å². The summed E-state index contributed by atoms with van der Waals surface area (Å²) in [6.45, 7) is -0.848. The molecule has 0 aliphatic carbocycles. The van der Waals surface area contributed by atoms with E-state index in [1.165, 1.54) is 12.3 Å². The Hall–Kier alpha value is -2.09. The van der Waals surface area contributed by atoms with Gasteiger partial charge in [-0.3, -0.25) is 4.21 Å². The molecular weight excluding hydrogens is 329 g/mol. The van der Waals surface area contributed by atoms with Crippen LogP contribution in [0.5, 0.6) is 5.88 Å². The molecule has 1 aromatic carbocycles. The number of nitrogens with zero attached hydrogens (tertiary/aromatic N) is 1. The fourth-order valence-corrected chi connectivity index (χ4v) is 2.25. The molecular formula is C15H15F3N2O2S. The molecule has 0 saturated heterocycles. The SMILES string of the molecule is CS(=O)c1ccc(CNc2ccc(OCC(F)(F)F)nc2)cc1. The molecule has 1 aromatic heterocycles. The zero-order valence-corrected chi connectivity index (χ0v) is 13.1. The van der Waals surface area contributed by atoms with E-state index in [0.29, 0.717) is 12.2 Å².